The van der Waals surface area contributed by atoms with Crippen LogP contribution in [0.4, 0.5) is 5.13 Å². The van der Waals surface area contributed by atoms with Crippen LogP contribution >= 0.6 is 34.3 Å². The van der Waals surface area contributed by atoms with Gasteiger partial charge in [-0.3, -0.25) is 10.1 Å². The number of thiophene rings is 1. The van der Waals surface area contributed by atoms with Crippen molar-refractivity contribution in [1.82, 2.24) is 4.98 Å². The molecule has 1 N–H and O–H groups in total. The van der Waals surface area contributed by atoms with Gasteiger partial charge in [0.15, 0.2) is 5.13 Å². The first kappa shape index (κ1) is 16.8. The fraction of sp³-hybridized carbons (Fsp3) is 0.125. The molecule has 0 spiro atoms. The predicted octanol–water partition coefficient (Wildman–Crippen LogP) is 4.79. The van der Waals surface area contributed by atoms with Gasteiger partial charge in [-0.05, 0) is 24.3 Å². The SMILES string of the molecule is COc1cc(OC)cc(C(=O)Nc2nc(-c3ccc(Cl)s3)cs2)c1. The maximum Gasteiger partial charge on any atom is 0.257 e. The fourth-order valence-corrected chi connectivity index (χ4v) is 3.79. The largest absolute Gasteiger partial charge is 0.497 e. The Labute approximate surface area is 151 Å². The summed E-state index contributed by atoms with van der Waals surface area (Å²) >= 11 is 8.74. The Morgan fingerprint density at radius 2 is 1.88 bits per heavy atom. The Kier molecular flexibility index (Phi) is 5.03. The minimum atomic E-state index is -0.280. The Hall–Kier alpha value is -2.09. The van der Waals surface area contributed by atoms with E-state index in [0.717, 1.165) is 10.6 Å². The fourth-order valence-electron chi connectivity index (χ4n) is 2.00. The van der Waals surface area contributed by atoms with Gasteiger partial charge in [-0.1, -0.05) is 11.6 Å². The molecule has 0 aliphatic rings. The second-order valence-corrected chi connectivity index (χ2v) is 7.27. The monoisotopic (exact) mass is 380 g/mol. The summed E-state index contributed by atoms with van der Waals surface area (Å²) in [5, 5.41) is 5.18. The lowest BCUT2D eigenvalue weighted by Gasteiger charge is -2.08. The molecule has 8 heteroatoms. The Morgan fingerprint density at radius 3 is 2.46 bits per heavy atom. The third-order valence-corrected chi connectivity index (χ3v) is 5.18. The van der Waals surface area contributed by atoms with Crippen LogP contribution in [0, 0.1) is 0 Å². The molecule has 1 aromatic carbocycles. The number of carbonyl (C=O) groups is 1. The van der Waals surface area contributed by atoms with Crippen LogP contribution < -0.4 is 14.8 Å². The highest BCUT2D eigenvalue weighted by atomic mass is 35.5. The van der Waals surface area contributed by atoms with Crippen LogP contribution in [-0.4, -0.2) is 25.1 Å². The van der Waals surface area contributed by atoms with Crippen molar-refractivity contribution in [3.63, 3.8) is 0 Å². The van der Waals surface area contributed by atoms with E-state index in [1.165, 1.54) is 36.9 Å². The lowest BCUT2D eigenvalue weighted by atomic mass is 10.2. The molecule has 0 unspecified atom stereocenters. The van der Waals surface area contributed by atoms with Gasteiger partial charge in [0.1, 0.15) is 11.5 Å². The minimum Gasteiger partial charge on any atom is -0.497 e. The van der Waals surface area contributed by atoms with Crippen LogP contribution in [0.2, 0.25) is 4.34 Å². The van der Waals surface area contributed by atoms with Gasteiger partial charge >= 0.3 is 0 Å². The van der Waals surface area contributed by atoms with Gasteiger partial charge in [-0.2, -0.15) is 0 Å². The van der Waals surface area contributed by atoms with Crippen LogP contribution in [0.5, 0.6) is 11.5 Å². The van der Waals surface area contributed by atoms with Gasteiger partial charge in [0.2, 0.25) is 0 Å². The number of thiazole rings is 1. The Balaban J connectivity index is 1.79. The topological polar surface area (TPSA) is 60.5 Å². The van der Waals surface area contributed by atoms with Crippen molar-refractivity contribution in [2.75, 3.05) is 19.5 Å². The average molecular weight is 381 g/mol. The molecular weight excluding hydrogens is 368 g/mol. The van der Waals surface area contributed by atoms with E-state index < -0.39 is 0 Å². The number of halogens is 1. The van der Waals surface area contributed by atoms with Crippen LogP contribution in [-0.2, 0) is 0 Å². The number of benzene rings is 1. The number of hydrogen-bond donors (Lipinski definition) is 1. The molecule has 5 nitrogen and oxygen atoms in total. The molecule has 0 bridgehead atoms. The number of nitrogens with one attached hydrogen (secondary N) is 1. The lowest BCUT2D eigenvalue weighted by Crippen LogP contribution is -2.12. The molecule has 3 rings (SSSR count). The summed E-state index contributed by atoms with van der Waals surface area (Å²) in [6.45, 7) is 0. The number of methoxy groups -OCH3 is 2. The van der Waals surface area contributed by atoms with Gasteiger partial charge in [0.05, 0.1) is 29.1 Å². The molecule has 0 fully saturated rings. The van der Waals surface area contributed by atoms with E-state index in [2.05, 4.69) is 10.3 Å². The van der Waals surface area contributed by atoms with Crippen molar-refractivity contribution in [3.8, 4) is 22.1 Å². The zero-order valence-electron chi connectivity index (χ0n) is 12.8. The van der Waals surface area contributed by atoms with Crippen LogP contribution in [0.3, 0.4) is 0 Å². The molecule has 2 heterocycles. The van der Waals surface area contributed by atoms with E-state index in [4.69, 9.17) is 21.1 Å². The first-order valence-corrected chi connectivity index (χ1v) is 8.92. The van der Waals surface area contributed by atoms with E-state index in [0.29, 0.717) is 26.5 Å². The van der Waals surface area contributed by atoms with Crippen LogP contribution in [0.25, 0.3) is 10.6 Å². The predicted molar refractivity (Wildman–Crippen MR) is 97.9 cm³/mol. The maximum atomic E-state index is 12.4. The van der Waals surface area contributed by atoms with E-state index >= 15 is 0 Å². The van der Waals surface area contributed by atoms with E-state index in [1.54, 1.807) is 18.2 Å². The standard InChI is InChI=1S/C16H13ClN2O3S2/c1-21-10-5-9(6-11(7-10)22-2)15(20)19-16-18-12(8-23-16)13-3-4-14(17)24-13/h3-8H,1-2H3,(H,18,19,20). The highest BCUT2D eigenvalue weighted by Crippen LogP contribution is 2.33. The summed E-state index contributed by atoms with van der Waals surface area (Å²) in [7, 11) is 3.07. The van der Waals surface area contributed by atoms with Gasteiger partial charge in [0, 0.05) is 17.0 Å². The van der Waals surface area contributed by atoms with E-state index in [1.807, 2.05) is 17.5 Å². The molecule has 0 saturated heterocycles. The first-order valence-electron chi connectivity index (χ1n) is 6.84. The lowest BCUT2D eigenvalue weighted by molar-refractivity contribution is 0.102. The van der Waals surface area contributed by atoms with Gasteiger partial charge in [-0.15, -0.1) is 22.7 Å². The summed E-state index contributed by atoms with van der Waals surface area (Å²) in [4.78, 5) is 17.8. The van der Waals surface area contributed by atoms with Crippen molar-refractivity contribution in [1.29, 1.82) is 0 Å². The van der Waals surface area contributed by atoms with Crippen LogP contribution in [0.15, 0.2) is 35.7 Å². The third kappa shape index (κ3) is 3.69. The molecule has 24 heavy (non-hydrogen) atoms. The van der Waals surface area contributed by atoms with E-state index in [-0.39, 0.29) is 5.91 Å². The van der Waals surface area contributed by atoms with E-state index in [9.17, 15) is 4.79 Å². The van der Waals surface area contributed by atoms with Crippen LogP contribution in [0.1, 0.15) is 10.4 Å². The number of aromatic nitrogens is 1. The summed E-state index contributed by atoms with van der Waals surface area (Å²) < 4.78 is 11.1. The number of nitrogens with zero attached hydrogens (tertiary/aromatic N) is 1. The molecule has 2 aromatic heterocycles. The molecule has 0 aliphatic carbocycles. The number of rotatable bonds is 5. The third-order valence-electron chi connectivity index (χ3n) is 3.16. The molecule has 124 valence electrons. The summed E-state index contributed by atoms with van der Waals surface area (Å²) in [5.41, 5.74) is 1.22. The van der Waals surface area contributed by atoms with Crippen molar-refractivity contribution in [2.24, 2.45) is 0 Å². The first-order chi connectivity index (χ1) is 11.6. The minimum absolute atomic E-state index is 0.280. The van der Waals surface area contributed by atoms with Gasteiger partial charge in [0.25, 0.3) is 5.91 Å². The number of anilines is 1. The zero-order chi connectivity index (χ0) is 17.1. The molecule has 0 atom stereocenters. The van der Waals surface area contributed by atoms with Gasteiger partial charge in [-0.25, -0.2) is 4.98 Å². The van der Waals surface area contributed by atoms with Crippen molar-refractivity contribution >= 4 is 45.3 Å². The molecular formula is C16H13ClN2O3S2. The number of hydrogen-bond acceptors (Lipinski definition) is 6. The Morgan fingerprint density at radius 1 is 1.17 bits per heavy atom. The number of ether oxygens (including phenoxy) is 2. The molecule has 1 amide bonds. The van der Waals surface area contributed by atoms with Gasteiger partial charge < -0.3 is 9.47 Å². The molecule has 0 aliphatic heterocycles. The van der Waals surface area contributed by atoms with Crippen molar-refractivity contribution < 1.29 is 14.3 Å². The average Bonchev–Trinajstić information content (AvgIpc) is 3.23. The summed E-state index contributed by atoms with van der Waals surface area (Å²) in [6, 6.07) is 8.72. The summed E-state index contributed by atoms with van der Waals surface area (Å²) in [5.74, 6) is 0.817. The smallest absolute Gasteiger partial charge is 0.257 e. The van der Waals surface area contributed by atoms with Crippen molar-refractivity contribution in [3.05, 3.63) is 45.6 Å². The molecule has 0 saturated carbocycles. The highest BCUT2D eigenvalue weighted by Gasteiger charge is 2.13. The summed E-state index contributed by atoms with van der Waals surface area (Å²) in [6.07, 6.45) is 0. The second kappa shape index (κ2) is 7.21. The van der Waals surface area contributed by atoms with Crippen molar-refractivity contribution in [2.45, 2.75) is 0 Å². The number of carbonyl (C=O) groups excluding carboxylic acids is 1. The molecule has 3 aromatic rings. The normalized spacial score (nSPS) is 10.5. The number of amides is 1. The maximum absolute atomic E-state index is 12.4. The quantitative estimate of drug-likeness (QED) is 0.691. The zero-order valence-corrected chi connectivity index (χ0v) is 15.2. The molecule has 0 radical (unpaired) electrons. The second-order valence-electron chi connectivity index (χ2n) is 4.70. The highest BCUT2D eigenvalue weighted by molar-refractivity contribution is 7.20. The Bertz CT molecular complexity index is 854.